The number of aliphatic hydroxyl groups is 1. The number of ether oxygens (including phenoxy) is 1. The summed E-state index contributed by atoms with van der Waals surface area (Å²) in [7, 11) is 1.84. The molecule has 1 aliphatic heterocycles. The first kappa shape index (κ1) is 19.0. The highest BCUT2D eigenvalue weighted by molar-refractivity contribution is 5.80. The molecular weight excluding hydrogens is 314 g/mol. The van der Waals surface area contributed by atoms with Crippen molar-refractivity contribution < 1.29 is 9.84 Å². The molecule has 2 N–H and O–H groups in total. The first-order chi connectivity index (χ1) is 12.2. The Morgan fingerprint density at radius 1 is 1.08 bits per heavy atom. The first-order valence-electron chi connectivity index (χ1n) is 10.5. The standard InChI is InChI=1S/C20H37N3O2/c1-21-19(22-16-20(24)11-5-2-6-12-20)23-13-9-18(10-14-23)25-15-17-7-3-4-8-17/h17-18,24H,2-16H2,1H3,(H,21,22). The smallest absolute Gasteiger partial charge is 0.193 e. The summed E-state index contributed by atoms with van der Waals surface area (Å²) in [5.41, 5.74) is -0.545. The Kier molecular flexibility index (Phi) is 7.00. The van der Waals surface area contributed by atoms with E-state index in [1.807, 2.05) is 7.05 Å². The van der Waals surface area contributed by atoms with Crippen LogP contribution in [0, 0.1) is 5.92 Å². The van der Waals surface area contributed by atoms with Gasteiger partial charge in [-0.2, -0.15) is 0 Å². The Morgan fingerprint density at radius 2 is 1.76 bits per heavy atom. The molecule has 0 aromatic heterocycles. The predicted octanol–water partition coefficient (Wildman–Crippen LogP) is 2.93. The van der Waals surface area contributed by atoms with Gasteiger partial charge in [0.15, 0.2) is 5.96 Å². The van der Waals surface area contributed by atoms with Crippen LogP contribution in [-0.4, -0.2) is 61.0 Å². The molecular formula is C20H37N3O2. The Balaban J connectivity index is 1.38. The maximum atomic E-state index is 10.7. The maximum Gasteiger partial charge on any atom is 0.193 e. The van der Waals surface area contributed by atoms with Crippen molar-refractivity contribution in [2.24, 2.45) is 10.9 Å². The fourth-order valence-corrected chi connectivity index (χ4v) is 4.65. The summed E-state index contributed by atoms with van der Waals surface area (Å²) in [5.74, 6) is 1.75. The number of nitrogens with zero attached hydrogens (tertiary/aromatic N) is 2. The zero-order valence-corrected chi connectivity index (χ0v) is 16.0. The van der Waals surface area contributed by atoms with E-state index in [1.54, 1.807) is 0 Å². The molecule has 0 radical (unpaired) electrons. The average Bonchev–Trinajstić information content (AvgIpc) is 3.16. The molecule has 3 fully saturated rings. The highest BCUT2D eigenvalue weighted by Crippen LogP contribution is 2.28. The lowest BCUT2D eigenvalue weighted by atomic mass is 9.85. The lowest BCUT2D eigenvalue weighted by Gasteiger charge is -2.37. The number of hydrogen-bond acceptors (Lipinski definition) is 3. The topological polar surface area (TPSA) is 57.1 Å². The molecule has 0 unspecified atom stereocenters. The van der Waals surface area contributed by atoms with Crippen molar-refractivity contribution in [2.45, 2.75) is 82.3 Å². The molecule has 1 heterocycles. The van der Waals surface area contributed by atoms with E-state index in [-0.39, 0.29) is 0 Å². The van der Waals surface area contributed by atoms with Crippen molar-refractivity contribution in [3.8, 4) is 0 Å². The highest BCUT2D eigenvalue weighted by Gasteiger charge is 2.30. The number of aliphatic imine (C=N–C) groups is 1. The summed E-state index contributed by atoms with van der Waals surface area (Å²) < 4.78 is 6.17. The van der Waals surface area contributed by atoms with Gasteiger partial charge >= 0.3 is 0 Å². The third kappa shape index (κ3) is 5.58. The molecule has 144 valence electrons. The second kappa shape index (κ2) is 9.22. The van der Waals surface area contributed by atoms with Crippen LogP contribution in [0.15, 0.2) is 4.99 Å². The molecule has 0 aromatic carbocycles. The van der Waals surface area contributed by atoms with Crippen LogP contribution in [0.2, 0.25) is 0 Å². The van der Waals surface area contributed by atoms with Crippen molar-refractivity contribution in [2.75, 3.05) is 33.3 Å². The van der Waals surface area contributed by atoms with Crippen LogP contribution in [-0.2, 0) is 4.74 Å². The van der Waals surface area contributed by atoms with Gasteiger partial charge in [-0.05, 0) is 44.4 Å². The van der Waals surface area contributed by atoms with Crippen molar-refractivity contribution in [3.05, 3.63) is 0 Å². The van der Waals surface area contributed by atoms with E-state index in [0.717, 1.165) is 70.1 Å². The highest BCUT2D eigenvalue weighted by atomic mass is 16.5. The second-order valence-electron chi connectivity index (χ2n) is 8.36. The third-order valence-electron chi connectivity index (χ3n) is 6.36. The molecule has 0 atom stereocenters. The van der Waals surface area contributed by atoms with Gasteiger partial charge in [0.2, 0.25) is 0 Å². The monoisotopic (exact) mass is 351 g/mol. The molecule has 3 aliphatic rings. The Hall–Kier alpha value is -0.810. The van der Waals surface area contributed by atoms with Crippen molar-refractivity contribution >= 4 is 5.96 Å². The van der Waals surface area contributed by atoms with Gasteiger partial charge in [-0.15, -0.1) is 0 Å². The summed E-state index contributed by atoms with van der Waals surface area (Å²) in [4.78, 5) is 6.76. The fourth-order valence-electron chi connectivity index (χ4n) is 4.65. The molecule has 25 heavy (non-hydrogen) atoms. The number of guanidine groups is 1. The molecule has 3 rings (SSSR count). The molecule has 0 amide bonds. The van der Waals surface area contributed by atoms with Crippen LogP contribution in [0.1, 0.15) is 70.6 Å². The van der Waals surface area contributed by atoms with Crippen LogP contribution in [0.5, 0.6) is 0 Å². The zero-order valence-electron chi connectivity index (χ0n) is 16.0. The Morgan fingerprint density at radius 3 is 2.40 bits per heavy atom. The van der Waals surface area contributed by atoms with Gasteiger partial charge in [-0.3, -0.25) is 4.99 Å². The van der Waals surface area contributed by atoms with E-state index < -0.39 is 5.60 Å². The summed E-state index contributed by atoms with van der Waals surface area (Å²) >= 11 is 0. The van der Waals surface area contributed by atoms with E-state index in [1.165, 1.54) is 32.1 Å². The molecule has 0 spiro atoms. The van der Waals surface area contributed by atoms with Gasteiger partial charge in [0.25, 0.3) is 0 Å². The van der Waals surface area contributed by atoms with E-state index in [4.69, 9.17) is 4.74 Å². The van der Waals surface area contributed by atoms with Gasteiger partial charge in [0, 0.05) is 33.3 Å². The van der Waals surface area contributed by atoms with Crippen LogP contribution in [0.3, 0.4) is 0 Å². The summed E-state index contributed by atoms with van der Waals surface area (Å²) in [6, 6.07) is 0. The fraction of sp³-hybridized carbons (Fsp3) is 0.950. The maximum absolute atomic E-state index is 10.7. The Bertz CT molecular complexity index is 421. The van der Waals surface area contributed by atoms with Gasteiger partial charge in [0.1, 0.15) is 0 Å². The van der Waals surface area contributed by atoms with E-state index in [0.29, 0.717) is 12.6 Å². The van der Waals surface area contributed by atoms with Crippen molar-refractivity contribution in [3.63, 3.8) is 0 Å². The van der Waals surface area contributed by atoms with Gasteiger partial charge in [0.05, 0.1) is 11.7 Å². The van der Waals surface area contributed by atoms with Gasteiger partial charge in [-0.1, -0.05) is 32.1 Å². The summed E-state index contributed by atoms with van der Waals surface area (Å²) in [6.45, 7) is 3.57. The lowest BCUT2D eigenvalue weighted by molar-refractivity contribution is -0.00144. The Labute approximate surface area is 153 Å². The predicted molar refractivity (Wildman–Crippen MR) is 102 cm³/mol. The van der Waals surface area contributed by atoms with E-state index in [2.05, 4.69) is 15.2 Å². The minimum absolute atomic E-state index is 0.414. The number of likely N-dealkylation sites (tertiary alicyclic amines) is 1. The van der Waals surface area contributed by atoms with Gasteiger partial charge in [-0.25, -0.2) is 0 Å². The van der Waals surface area contributed by atoms with Crippen LogP contribution in [0.25, 0.3) is 0 Å². The quantitative estimate of drug-likeness (QED) is 0.591. The molecule has 5 heteroatoms. The van der Waals surface area contributed by atoms with Crippen molar-refractivity contribution in [1.82, 2.24) is 10.2 Å². The molecule has 5 nitrogen and oxygen atoms in total. The second-order valence-corrected chi connectivity index (χ2v) is 8.36. The third-order valence-corrected chi connectivity index (χ3v) is 6.36. The minimum atomic E-state index is -0.545. The lowest BCUT2D eigenvalue weighted by Crippen LogP contribution is -2.51. The van der Waals surface area contributed by atoms with Crippen molar-refractivity contribution in [1.29, 1.82) is 0 Å². The number of nitrogens with one attached hydrogen (secondary N) is 1. The number of hydrogen-bond donors (Lipinski definition) is 2. The SMILES string of the molecule is CN=C(NCC1(O)CCCCC1)N1CCC(OCC2CCCC2)CC1. The van der Waals surface area contributed by atoms with E-state index in [9.17, 15) is 5.11 Å². The number of rotatable bonds is 5. The molecule has 2 saturated carbocycles. The van der Waals surface area contributed by atoms with E-state index >= 15 is 0 Å². The summed E-state index contributed by atoms with van der Waals surface area (Å²) in [6.07, 6.45) is 13.4. The van der Waals surface area contributed by atoms with Gasteiger partial charge < -0.3 is 20.1 Å². The molecule has 0 bridgehead atoms. The molecule has 1 saturated heterocycles. The minimum Gasteiger partial charge on any atom is -0.388 e. The largest absolute Gasteiger partial charge is 0.388 e. The first-order valence-corrected chi connectivity index (χ1v) is 10.5. The van der Waals surface area contributed by atoms with Crippen LogP contribution >= 0.6 is 0 Å². The summed E-state index contributed by atoms with van der Waals surface area (Å²) in [5, 5.41) is 14.1. The zero-order chi connectivity index (χ0) is 17.5. The normalized spacial score (nSPS) is 26.2. The molecule has 2 aliphatic carbocycles. The van der Waals surface area contributed by atoms with Crippen LogP contribution < -0.4 is 5.32 Å². The molecule has 0 aromatic rings. The number of piperidine rings is 1. The van der Waals surface area contributed by atoms with Crippen LogP contribution in [0.4, 0.5) is 0 Å². The average molecular weight is 352 g/mol.